The summed E-state index contributed by atoms with van der Waals surface area (Å²) in [7, 11) is 0. The molecule has 1 N–H and O–H groups in total. The fraction of sp³-hybridized carbons (Fsp3) is 0.400. The Kier molecular flexibility index (Phi) is 4.98. The van der Waals surface area contributed by atoms with Crippen LogP contribution in [0, 0.1) is 0 Å². The van der Waals surface area contributed by atoms with Gasteiger partial charge < -0.3 is 4.90 Å². The van der Waals surface area contributed by atoms with Crippen molar-refractivity contribution in [2.45, 2.75) is 45.6 Å². The molecule has 0 fully saturated rings. The van der Waals surface area contributed by atoms with Gasteiger partial charge in [-0.15, -0.1) is 11.3 Å². The number of hydrogen-bond donors (Lipinski definition) is 1. The van der Waals surface area contributed by atoms with Crippen LogP contribution < -0.4 is 5.32 Å². The third kappa shape index (κ3) is 3.77. The molecule has 1 atom stereocenters. The lowest BCUT2D eigenvalue weighted by Crippen LogP contribution is -2.46. The van der Waals surface area contributed by atoms with E-state index in [1.54, 1.807) is 11.3 Å². The summed E-state index contributed by atoms with van der Waals surface area (Å²) in [6.45, 7) is 9.47. The molecular weight excluding hydrogens is 348 g/mol. The van der Waals surface area contributed by atoms with E-state index in [9.17, 15) is 4.79 Å². The first-order valence-corrected chi connectivity index (χ1v) is 9.85. The Hall–Kier alpha value is -1.72. The maximum absolute atomic E-state index is 12.5. The summed E-state index contributed by atoms with van der Waals surface area (Å²) >= 11 is 7.31. The number of fused-ring (bicyclic) bond motifs is 1. The molecule has 2 heterocycles. The van der Waals surface area contributed by atoms with Crippen LogP contribution in [0.2, 0.25) is 0 Å². The molecule has 0 saturated heterocycles. The third-order valence-electron chi connectivity index (χ3n) is 4.77. The van der Waals surface area contributed by atoms with E-state index < -0.39 is 0 Å². The van der Waals surface area contributed by atoms with Gasteiger partial charge in [-0.1, -0.05) is 32.9 Å². The van der Waals surface area contributed by atoms with Gasteiger partial charge in [0.15, 0.2) is 5.11 Å². The number of amides is 1. The van der Waals surface area contributed by atoms with Gasteiger partial charge in [0.25, 0.3) is 5.91 Å². The molecule has 3 nitrogen and oxygen atoms in total. The van der Waals surface area contributed by atoms with Crippen LogP contribution in [0.3, 0.4) is 0 Å². The minimum absolute atomic E-state index is 0.0752. The average molecular weight is 373 g/mol. The fourth-order valence-electron chi connectivity index (χ4n) is 3.15. The van der Waals surface area contributed by atoms with Crippen molar-refractivity contribution in [1.29, 1.82) is 0 Å². The highest BCUT2D eigenvalue weighted by molar-refractivity contribution is 7.80. The molecule has 5 heteroatoms. The Bertz CT molecular complexity index is 787. The molecule has 25 heavy (non-hydrogen) atoms. The standard InChI is InChI=1S/C20H24N2OS2/c1-13-16-10-12-25-17(16)9-11-22(13)19(24)21-18(23)14-5-7-15(8-6-14)20(2,3)4/h5-8,10,12-13H,9,11H2,1-4H3,(H,21,23,24). The minimum Gasteiger partial charge on any atom is -0.342 e. The van der Waals surface area contributed by atoms with Gasteiger partial charge in [0.2, 0.25) is 0 Å². The largest absolute Gasteiger partial charge is 0.342 e. The summed E-state index contributed by atoms with van der Waals surface area (Å²) in [5, 5.41) is 5.54. The van der Waals surface area contributed by atoms with Crippen molar-refractivity contribution in [3.05, 3.63) is 57.3 Å². The molecule has 0 radical (unpaired) electrons. The van der Waals surface area contributed by atoms with Crippen molar-refractivity contribution in [3.8, 4) is 0 Å². The van der Waals surface area contributed by atoms with Crippen LogP contribution in [0.5, 0.6) is 0 Å². The predicted octanol–water partition coefficient (Wildman–Crippen LogP) is 4.68. The number of rotatable bonds is 1. The van der Waals surface area contributed by atoms with Crippen LogP contribution >= 0.6 is 23.6 Å². The number of carbonyl (C=O) groups is 1. The second-order valence-electron chi connectivity index (χ2n) is 7.51. The zero-order valence-corrected chi connectivity index (χ0v) is 16.8. The van der Waals surface area contributed by atoms with Crippen molar-refractivity contribution in [2.24, 2.45) is 0 Å². The Balaban J connectivity index is 1.68. The average Bonchev–Trinajstić information content (AvgIpc) is 3.04. The van der Waals surface area contributed by atoms with Crippen LogP contribution in [0.15, 0.2) is 35.7 Å². The van der Waals surface area contributed by atoms with Crippen molar-refractivity contribution in [1.82, 2.24) is 10.2 Å². The number of benzene rings is 1. The maximum Gasteiger partial charge on any atom is 0.257 e. The summed E-state index contributed by atoms with van der Waals surface area (Å²) < 4.78 is 0. The van der Waals surface area contributed by atoms with Crippen LogP contribution in [-0.2, 0) is 11.8 Å². The lowest BCUT2D eigenvalue weighted by atomic mass is 9.87. The summed E-state index contributed by atoms with van der Waals surface area (Å²) in [6.07, 6.45) is 0.980. The molecule has 1 aliphatic rings. The van der Waals surface area contributed by atoms with E-state index >= 15 is 0 Å². The van der Waals surface area contributed by atoms with E-state index in [2.05, 4.69) is 49.4 Å². The Morgan fingerprint density at radius 2 is 1.92 bits per heavy atom. The van der Waals surface area contributed by atoms with Crippen molar-refractivity contribution < 1.29 is 4.79 Å². The van der Waals surface area contributed by atoms with Gasteiger partial charge in [-0.05, 0) is 65.7 Å². The first kappa shape index (κ1) is 18.1. The van der Waals surface area contributed by atoms with E-state index in [-0.39, 0.29) is 17.4 Å². The molecule has 1 aliphatic heterocycles. The molecule has 3 rings (SSSR count). The first-order chi connectivity index (χ1) is 11.8. The lowest BCUT2D eigenvalue weighted by molar-refractivity contribution is 0.0971. The molecule has 2 aromatic rings. The number of hydrogen-bond acceptors (Lipinski definition) is 3. The van der Waals surface area contributed by atoms with Crippen LogP contribution in [0.4, 0.5) is 0 Å². The number of nitrogens with zero attached hydrogens (tertiary/aromatic N) is 1. The summed E-state index contributed by atoms with van der Waals surface area (Å²) in [5.74, 6) is -0.145. The summed E-state index contributed by atoms with van der Waals surface area (Å²) in [4.78, 5) is 16.1. The Morgan fingerprint density at radius 3 is 2.56 bits per heavy atom. The van der Waals surface area contributed by atoms with E-state index in [0.29, 0.717) is 10.7 Å². The van der Waals surface area contributed by atoms with Crippen LogP contribution in [0.25, 0.3) is 0 Å². The topological polar surface area (TPSA) is 32.3 Å². The molecule has 132 valence electrons. The normalized spacial score (nSPS) is 17.1. The van der Waals surface area contributed by atoms with Gasteiger partial charge in [-0.2, -0.15) is 0 Å². The molecule has 1 amide bonds. The molecule has 1 aromatic heterocycles. The van der Waals surface area contributed by atoms with Crippen molar-refractivity contribution in [2.75, 3.05) is 6.54 Å². The maximum atomic E-state index is 12.5. The van der Waals surface area contributed by atoms with E-state index in [0.717, 1.165) is 13.0 Å². The first-order valence-electron chi connectivity index (χ1n) is 8.56. The van der Waals surface area contributed by atoms with Gasteiger partial charge in [-0.25, -0.2) is 0 Å². The van der Waals surface area contributed by atoms with Crippen molar-refractivity contribution >= 4 is 34.6 Å². The highest BCUT2D eigenvalue weighted by Gasteiger charge is 2.27. The van der Waals surface area contributed by atoms with E-state index in [4.69, 9.17) is 12.2 Å². The fourth-order valence-corrected chi connectivity index (χ4v) is 4.45. The molecule has 0 bridgehead atoms. The van der Waals surface area contributed by atoms with Gasteiger partial charge in [-0.3, -0.25) is 10.1 Å². The predicted molar refractivity (Wildman–Crippen MR) is 108 cm³/mol. The highest BCUT2D eigenvalue weighted by Crippen LogP contribution is 2.32. The quantitative estimate of drug-likeness (QED) is 0.738. The zero-order chi connectivity index (χ0) is 18.2. The minimum atomic E-state index is -0.145. The third-order valence-corrected chi connectivity index (χ3v) is 6.10. The Labute approximate surface area is 159 Å². The van der Waals surface area contributed by atoms with Crippen LogP contribution in [-0.4, -0.2) is 22.5 Å². The van der Waals surface area contributed by atoms with E-state index in [1.165, 1.54) is 16.0 Å². The molecule has 0 spiro atoms. The Morgan fingerprint density at radius 1 is 1.24 bits per heavy atom. The van der Waals surface area contributed by atoms with Gasteiger partial charge in [0.05, 0.1) is 6.04 Å². The zero-order valence-electron chi connectivity index (χ0n) is 15.1. The highest BCUT2D eigenvalue weighted by atomic mass is 32.1. The SMILES string of the molecule is CC1c2ccsc2CCN1C(=S)NC(=O)c1ccc(C(C)(C)C)cc1. The van der Waals surface area contributed by atoms with Crippen LogP contribution in [0.1, 0.15) is 60.1 Å². The molecule has 0 aliphatic carbocycles. The van der Waals surface area contributed by atoms with Crippen molar-refractivity contribution in [3.63, 3.8) is 0 Å². The second-order valence-corrected chi connectivity index (χ2v) is 8.89. The summed E-state index contributed by atoms with van der Waals surface area (Å²) in [5.41, 5.74) is 3.24. The number of carbonyl (C=O) groups excluding carboxylic acids is 1. The lowest BCUT2D eigenvalue weighted by Gasteiger charge is -2.35. The van der Waals surface area contributed by atoms with Gasteiger partial charge >= 0.3 is 0 Å². The molecule has 1 unspecified atom stereocenters. The summed E-state index contributed by atoms with van der Waals surface area (Å²) in [6, 6.07) is 10.1. The van der Waals surface area contributed by atoms with E-state index in [1.807, 2.05) is 24.3 Å². The number of thiophene rings is 1. The number of thiocarbonyl (C=S) groups is 1. The van der Waals surface area contributed by atoms with Gasteiger partial charge in [0.1, 0.15) is 0 Å². The molecule has 1 aromatic carbocycles. The number of nitrogens with one attached hydrogen (secondary N) is 1. The molecular formula is C20H24N2OS2. The second kappa shape index (κ2) is 6.89. The van der Waals surface area contributed by atoms with Gasteiger partial charge in [0, 0.05) is 17.0 Å². The monoisotopic (exact) mass is 372 g/mol. The smallest absolute Gasteiger partial charge is 0.257 e. The molecule has 0 saturated carbocycles.